The summed E-state index contributed by atoms with van der Waals surface area (Å²) in [6.45, 7) is 2.04. The lowest BCUT2D eigenvalue weighted by Crippen LogP contribution is -1.96. The fourth-order valence-electron chi connectivity index (χ4n) is 2.28. The number of nitrogens with two attached hydrogens (primary N) is 1. The number of aromatic nitrogens is 2. The fourth-order valence-corrected chi connectivity index (χ4v) is 2.28. The largest absolute Gasteiger partial charge is 0.399 e. The first-order valence-corrected chi connectivity index (χ1v) is 6.01. The van der Waals surface area contributed by atoms with Crippen molar-refractivity contribution < 1.29 is 0 Å². The van der Waals surface area contributed by atoms with E-state index in [2.05, 4.69) is 27.7 Å². The summed E-state index contributed by atoms with van der Waals surface area (Å²) in [4.78, 5) is 4.64. The summed E-state index contributed by atoms with van der Waals surface area (Å²) >= 11 is 0. The lowest BCUT2D eigenvalue weighted by atomic mass is 10.1. The molecule has 0 aliphatic heterocycles. The first-order valence-electron chi connectivity index (χ1n) is 6.01. The molecule has 0 bridgehead atoms. The van der Waals surface area contributed by atoms with Crippen molar-refractivity contribution in [3.05, 3.63) is 65.7 Å². The molecule has 0 saturated carbocycles. The van der Waals surface area contributed by atoms with E-state index in [1.54, 1.807) is 0 Å². The summed E-state index contributed by atoms with van der Waals surface area (Å²) in [6.07, 6.45) is 2.85. The third-order valence-corrected chi connectivity index (χ3v) is 3.12. The van der Waals surface area contributed by atoms with Crippen LogP contribution in [0, 0.1) is 6.92 Å². The minimum absolute atomic E-state index is 0.796. The quantitative estimate of drug-likeness (QED) is 0.696. The Morgan fingerprint density at radius 3 is 2.89 bits per heavy atom. The van der Waals surface area contributed by atoms with Gasteiger partial charge in [-0.05, 0) is 36.8 Å². The lowest BCUT2D eigenvalue weighted by molar-refractivity contribution is 0.957. The Bertz CT molecular complexity index is 698. The van der Waals surface area contributed by atoms with Crippen LogP contribution in [0.1, 0.15) is 17.1 Å². The van der Waals surface area contributed by atoms with Gasteiger partial charge in [-0.2, -0.15) is 0 Å². The van der Waals surface area contributed by atoms with Crippen molar-refractivity contribution in [2.45, 2.75) is 13.3 Å². The highest BCUT2D eigenvalue weighted by Crippen LogP contribution is 2.16. The Balaban J connectivity index is 2.05. The highest BCUT2D eigenvalue weighted by molar-refractivity contribution is 5.53. The van der Waals surface area contributed by atoms with E-state index in [9.17, 15) is 0 Å². The number of rotatable bonds is 2. The number of fused-ring (bicyclic) bond motifs is 1. The maximum absolute atomic E-state index is 5.80. The molecule has 0 radical (unpaired) electrons. The van der Waals surface area contributed by atoms with Crippen LogP contribution in [0.4, 0.5) is 5.69 Å². The number of anilines is 1. The predicted molar refractivity (Wildman–Crippen MR) is 73.6 cm³/mol. The third-order valence-electron chi connectivity index (χ3n) is 3.12. The predicted octanol–water partition coefficient (Wildman–Crippen LogP) is 2.82. The van der Waals surface area contributed by atoms with E-state index >= 15 is 0 Å². The van der Waals surface area contributed by atoms with Gasteiger partial charge in [-0.15, -0.1) is 0 Å². The van der Waals surface area contributed by atoms with Crippen molar-refractivity contribution in [1.82, 2.24) is 9.38 Å². The number of hydrogen-bond acceptors (Lipinski definition) is 2. The normalized spacial score (nSPS) is 10.9. The average Bonchev–Trinajstić information content (AvgIpc) is 2.67. The van der Waals surface area contributed by atoms with Crippen LogP contribution in [0.15, 0.2) is 48.7 Å². The van der Waals surface area contributed by atoms with Gasteiger partial charge in [0.15, 0.2) is 0 Å². The van der Waals surface area contributed by atoms with Gasteiger partial charge in [0.05, 0.1) is 11.2 Å². The molecule has 3 nitrogen and oxygen atoms in total. The van der Waals surface area contributed by atoms with Gasteiger partial charge < -0.3 is 10.1 Å². The summed E-state index contributed by atoms with van der Waals surface area (Å²) in [5.74, 6) is 1.05. The summed E-state index contributed by atoms with van der Waals surface area (Å²) in [7, 11) is 0. The van der Waals surface area contributed by atoms with Crippen LogP contribution in [-0.4, -0.2) is 9.38 Å². The molecule has 0 aliphatic carbocycles. The Hall–Kier alpha value is -2.29. The van der Waals surface area contributed by atoms with Crippen molar-refractivity contribution >= 4 is 11.2 Å². The van der Waals surface area contributed by atoms with Crippen LogP contribution in [-0.2, 0) is 6.42 Å². The maximum atomic E-state index is 5.80. The monoisotopic (exact) mass is 237 g/mol. The Labute approximate surface area is 106 Å². The van der Waals surface area contributed by atoms with E-state index in [4.69, 9.17) is 5.73 Å². The molecular weight excluding hydrogens is 222 g/mol. The van der Waals surface area contributed by atoms with Crippen LogP contribution in [0.2, 0.25) is 0 Å². The Morgan fingerprint density at radius 2 is 2.06 bits per heavy atom. The minimum atomic E-state index is 0.796. The molecule has 18 heavy (non-hydrogen) atoms. The topological polar surface area (TPSA) is 43.3 Å². The van der Waals surface area contributed by atoms with Gasteiger partial charge in [0.2, 0.25) is 0 Å². The molecule has 0 unspecified atom stereocenters. The average molecular weight is 237 g/mol. The first-order chi connectivity index (χ1) is 8.74. The van der Waals surface area contributed by atoms with Crippen LogP contribution >= 0.6 is 0 Å². The van der Waals surface area contributed by atoms with E-state index in [1.165, 1.54) is 5.56 Å². The molecule has 0 spiro atoms. The van der Waals surface area contributed by atoms with Crippen LogP contribution < -0.4 is 5.73 Å². The highest BCUT2D eigenvalue weighted by Gasteiger charge is 2.07. The van der Waals surface area contributed by atoms with Gasteiger partial charge in [0, 0.05) is 18.3 Å². The highest BCUT2D eigenvalue weighted by atomic mass is 15.0. The second kappa shape index (κ2) is 4.18. The molecule has 0 saturated heterocycles. The number of nitrogens with zero attached hydrogens (tertiary/aromatic N) is 2. The molecule has 2 heterocycles. The summed E-state index contributed by atoms with van der Waals surface area (Å²) < 4.78 is 2.14. The summed E-state index contributed by atoms with van der Waals surface area (Å²) in [6, 6.07) is 14.1. The number of hydrogen-bond donors (Lipinski definition) is 1. The molecular formula is C15H15N3. The standard InChI is InChI=1S/C15H15N3/c1-11-14-7-2-3-8-18(14)15(17-11)10-12-5-4-6-13(16)9-12/h2-9H,10,16H2,1H3. The second-order valence-electron chi connectivity index (χ2n) is 4.49. The zero-order chi connectivity index (χ0) is 12.5. The minimum Gasteiger partial charge on any atom is -0.399 e. The number of aryl methyl sites for hydroxylation is 1. The van der Waals surface area contributed by atoms with Crippen LogP contribution in [0.25, 0.3) is 5.52 Å². The number of nitrogen functional groups attached to an aromatic ring is 1. The molecule has 0 amide bonds. The zero-order valence-corrected chi connectivity index (χ0v) is 10.3. The lowest BCUT2D eigenvalue weighted by Gasteiger charge is -2.02. The molecule has 0 atom stereocenters. The molecule has 1 aromatic carbocycles. The van der Waals surface area contributed by atoms with Crippen molar-refractivity contribution in [2.24, 2.45) is 0 Å². The van der Waals surface area contributed by atoms with Gasteiger partial charge in [0.25, 0.3) is 0 Å². The molecule has 90 valence electrons. The number of imidazole rings is 1. The molecule has 0 aliphatic rings. The van der Waals surface area contributed by atoms with Crippen LogP contribution in [0.5, 0.6) is 0 Å². The van der Waals surface area contributed by atoms with Gasteiger partial charge in [-0.25, -0.2) is 4.98 Å². The van der Waals surface area contributed by atoms with E-state index in [0.717, 1.165) is 29.1 Å². The Morgan fingerprint density at radius 1 is 1.17 bits per heavy atom. The fraction of sp³-hybridized carbons (Fsp3) is 0.133. The molecule has 0 fully saturated rings. The number of benzene rings is 1. The summed E-state index contributed by atoms with van der Waals surface area (Å²) in [5, 5.41) is 0. The van der Waals surface area contributed by atoms with E-state index < -0.39 is 0 Å². The first kappa shape index (κ1) is 10.8. The van der Waals surface area contributed by atoms with Gasteiger partial charge in [-0.1, -0.05) is 18.2 Å². The van der Waals surface area contributed by atoms with Gasteiger partial charge in [0.1, 0.15) is 5.82 Å². The van der Waals surface area contributed by atoms with Crippen molar-refractivity contribution in [1.29, 1.82) is 0 Å². The van der Waals surface area contributed by atoms with E-state index in [1.807, 2.05) is 37.3 Å². The molecule has 2 aromatic heterocycles. The van der Waals surface area contributed by atoms with Crippen molar-refractivity contribution in [3.8, 4) is 0 Å². The van der Waals surface area contributed by atoms with Gasteiger partial charge in [-0.3, -0.25) is 0 Å². The van der Waals surface area contributed by atoms with Crippen molar-refractivity contribution in [3.63, 3.8) is 0 Å². The smallest absolute Gasteiger partial charge is 0.117 e. The van der Waals surface area contributed by atoms with Crippen LogP contribution in [0.3, 0.4) is 0 Å². The third kappa shape index (κ3) is 1.84. The maximum Gasteiger partial charge on any atom is 0.117 e. The SMILES string of the molecule is Cc1nc(Cc2cccc(N)c2)n2ccccc12. The molecule has 2 N–H and O–H groups in total. The van der Waals surface area contributed by atoms with E-state index in [-0.39, 0.29) is 0 Å². The Kier molecular flexibility index (Phi) is 2.52. The molecule has 3 aromatic rings. The van der Waals surface area contributed by atoms with E-state index in [0.29, 0.717) is 0 Å². The molecule has 3 heteroatoms. The second-order valence-corrected chi connectivity index (χ2v) is 4.49. The summed E-state index contributed by atoms with van der Waals surface area (Å²) in [5.41, 5.74) is 10.0. The van der Waals surface area contributed by atoms with Crippen molar-refractivity contribution in [2.75, 3.05) is 5.73 Å². The molecule has 3 rings (SSSR count). The number of pyridine rings is 1. The van der Waals surface area contributed by atoms with Gasteiger partial charge >= 0.3 is 0 Å². The zero-order valence-electron chi connectivity index (χ0n) is 10.3.